The van der Waals surface area contributed by atoms with Crippen molar-refractivity contribution < 1.29 is 29.3 Å². The highest BCUT2D eigenvalue weighted by Crippen LogP contribution is 2.24. The highest BCUT2D eigenvalue weighted by atomic mass is 16.6. The molecule has 0 radical (unpaired) electrons. The molecule has 1 saturated heterocycles. The van der Waals surface area contributed by atoms with Gasteiger partial charge in [-0.1, -0.05) is 0 Å². The maximum absolute atomic E-state index is 11.9. The molecule has 7 nitrogen and oxygen atoms in total. The van der Waals surface area contributed by atoms with Crippen LogP contribution in [-0.2, 0) is 14.3 Å². The second-order valence-electron chi connectivity index (χ2n) is 5.62. The van der Waals surface area contributed by atoms with E-state index in [1.807, 2.05) is 0 Å². The SMILES string of the molecule is CC(O)C1(C(=O)O)CN(C(=O)OC(C)(C)C)CCO1. The molecule has 0 saturated carbocycles. The van der Waals surface area contributed by atoms with Crippen molar-refractivity contribution in [1.29, 1.82) is 0 Å². The molecule has 110 valence electrons. The zero-order chi connectivity index (χ0) is 14.8. The molecule has 2 atom stereocenters. The molecule has 2 N–H and O–H groups in total. The van der Waals surface area contributed by atoms with Gasteiger partial charge in [0.25, 0.3) is 0 Å². The number of nitrogens with zero attached hydrogens (tertiary/aromatic N) is 1. The van der Waals surface area contributed by atoms with Gasteiger partial charge in [0.1, 0.15) is 5.60 Å². The maximum Gasteiger partial charge on any atom is 0.410 e. The Labute approximate surface area is 112 Å². The summed E-state index contributed by atoms with van der Waals surface area (Å²) < 4.78 is 10.4. The van der Waals surface area contributed by atoms with E-state index in [1.165, 1.54) is 11.8 Å². The zero-order valence-corrected chi connectivity index (χ0v) is 11.7. The number of rotatable bonds is 2. The lowest BCUT2D eigenvalue weighted by Gasteiger charge is -2.41. The van der Waals surface area contributed by atoms with Gasteiger partial charge in [0.2, 0.25) is 5.60 Å². The molecule has 0 aliphatic carbocycles. The van der Waals surface area contributed by atoms with E-state index < -0.39 is 29.4 Å². The molecule has 2 unspecified atom stereocenters. The molecule has 0 bridgehead atoms. The molecule has 1 fully saturated rings. The summed E-state index contributed by atoms with van der Waals surface area (Å²) >= 11 is 0. The van der Waals surface area contributed by atoms with Gasteiger partial charge in [0.15, 0.2) is 0 Å². The predicted octanol–water partition coefficient (Wildman–Crippen LogP) is 0.458. The third-order valence-electron chi connectivity index (χ3n) is 2.84. The van der Waals surface area contributed by atoms with Crippen molar-refractivity contribution in [3.8, 4) is 0 Å². The Morgan fingerprint density at radius 1 is 1.42 bits per heavy atom. The number of aliphatic hydroxyl groups excluding tert-OH is 1. The lowest BCUT2D eigenvalue weighted by molar-refractivity contribution is -0.195. The fourth-order valence-electron chi connectivity index (χ4n) is 1.79. The molecule has 0 aromatic heterocycles. The lowest BCUT2D eigenvalue weighted by atomic mass is 9.95. The predicted molar refractivity (Wildman–Crippen MR) is 65.8 cm³/mol. The molecular formula is C12H21NO6. The van der Waals surface area contributed by atoms with E-state index in [0.29, 0.717) is 0 Å². The largest absolute Gasteiger partial charge is 0.479 e. The minimum absolute atomic E-state index is 0.0381. The van der Waals surface area contributed by atoms with Crippen molar-refractivity contribution in [1.82, 2.24) is 4.90 Å². The van der Waals surface area contributed by atoms with Gasteiger partial charge in [0.05, 0.1) is 19.3 Å². The standard InChI is InChI=1S/C12H21NO6/c1-8(14)12(9(15)16)7-13(5-6-18-12)10(17)19-11(2,3)4/h8,14H,5-7H2,1-4H3,(H,15,16). The Kier molecular flexibility index (Phi) is 4.42. The van der Waals surface area contributed by atoms with Gasteiger partial charge in [-0.3, -0.25) is 0 Å². The number of morpholine rings is 1. The molecule has 1 rings (SSSR count). The van der Waals surface area contributed by atoms with Crippen LogP contribution in [-0.4, -0.2) is 64.2 Å². The number of carboxylic acids is 1. The molecule has 1 aliphatic rings. The Morgan fingerprint density at radius 2 is 2.00 bits per heavy atom. The molecule has 1 aliphatic heterocycles. The zero-order valence-electron chi connectivity index (χ0n) is 11.7. The van der Waals surface area contributed by atoms with Crippen molar-refractivity contribution >= 4 is 12.1 Å². The van der Waals surface area contributed by atoms with Crippen LogP contribution in [0.4, 0.5) is 4.79 Å². The summed E-state index contributed by atoms with van der Waals surface area (Å²) in [6.07, 6.45) is -1.85. The Balaban J connectivity index is 2.84. The first-order valence-corrected chi connectivity index (χ1v) is 6.12. The average molecular weight is 275 g/mol. The number of aliphatic carboxylic acids is 1. The Morgan fingerprint density at radius 3 is 2.42 bits per heavy atom. The first-order chi connectivity index (χ1) is 8.58. The van der Waals surface area contributed by atoms with E-state index in [0.717, 1.165) is 0 Å². The summed E-state index contributed by atoms with van der Waals surface area (Å²) in [7, 11) is 0. The summed E-state index contributed by atoms with van der Waals surface area (Å²) in [6.45, 7) is 6.54. The molecule has 1 heterocycles. The molecule has 0 aromatic rings. The summed E-state index contributed by atoms with van der Waals surface area (Å²) in [5.41, 5.74) is -2.46. The summed E-state index contributed by atoms with van der Waals surface area (Å²) in [5.74, 6) is -1.30. The van der Waals surface area contributed by atoms with Crippen LogP contribution in [0.3, 0.4) is 0 Å². The Bertz CT molecular complexity index is 362. The van der Waals surface area contributed by atoms with Crippen LogP contribution in [0.2, 0.25) is 0 Å². The number of amides is 1. The van der Waals surface area contributed by atoms with Crippen LogP contribution in [0, 0.1) is 0 Å². The Hall–Kier alpha value is -1.34. The molecule has 7 heteroatoms. The number of carboxylic acid groups (broad SMARTS) is 1. The van der Waals surface area contributed by atoms with Gasteiger partial charge >= 0.3 is 12.1 Å². The van der Waals surface area contributed by atoms with Crippen molar-refractivity contribution in [3.05, 3.63) is 0 Å². The quantitative estimate of drug-likeness (QED) is 0.760. The smallest absolute Gasteiger partial charge is 0.410 e. The van der Waals surface area contributed by atoms with Crippen LogP contribution in [0.1, 0.15) is 27.7 Å². The average Bonchev–Trinajstić information content (AvgIpc) is 2.26. The van der Waals surface area contributed by atoms with Crippen LogP contribution in [0.15, 0.2) is 0 Å². The topological polar surface area (TPSA) is 96.3 Å². The summed E-state index contributed by atoms with van der Waals surface area (Å²) in [6, 6.07) is 0. The highest BCUT2D eigenvalue weighted by Gasteiger charge is 2.49. The fourth-order valence-corrected chi connectivity index (χ4v) is 1.79. The maximum atomic E-state index is 11.9. The number of hydrogen-bond acceptors (Lipinski definition) is 5. The molecule has 1 amide bonds. The van der Waals surface area contributed by atoms with Gasteiger partial charge in [0, 0.05) is 6.54 Å². The van der Waals surface area contributed by atoms with Crippen LogP contribution >= 0.6 is 0 Å². The first-order valence-electron chi connectivity index (χ1n) is 6.12. The van der Waals surface area contributed by atoms with Gasteiger partial charge < -0.3 is 24.6 Å². The number of hydrogen-bond donors (Lipinski definition) is 2. The van der Waals surface area contributed by atoms with Gasteiger partial charge in [-0.2, -0.15) is 0 Å². The van der Waals surface area contributed by atoms with Crippen LogP contribution in [0.5, 0.6) is 0 Å². The van der Waals surface area contributed by atoms with Crippen molar-refractivity contribution in [2.75, 3.05) is 19.7 Å². The number of carbonyl (C=O) groups excluding carboxylic acids is 1. The molecular weight excluding hydrogens is 254 g/mol. The third kappa shape index (κ3) is 3.57. The van der Waals surface area contributed by atoms with Gasteiger partial charge in [-0.15, -0.1) is 0 Å². The normalized spacial score (nSPS) is 25.8. The van der Waals surface area contributed by atoms with Crippen LogP contribution < -0.4 is 0 Å². The minimum atomic E-state index is -1.80. The van der Waals surface area contributed by atoms with Crippen molar-refractivity contribution in [2.45, 2.75) is 45.0 Å². The summed E-state index contributed by atoms with van der Waals surface area (Å²) in [4.78, 5) is 24.5. The second kappa shape index (κ2) is 5.34. The number of ether oxygens (including phenoxy) is 2. The van der Waals surface area contributed by atoms with Crippen molar-refractivity contribution in [2.24, 2.45) is 0 Å². The summed E-state index contributed by atoms with van der Waals surface area (Å²) in [5, 5.41) is 18.9. The van der Waals surface area contributed by atoms with E-state index in [2.05, 4.69) is 0 Å². The van der Waals surface area contributed by atoms with E-state index in [4.69, 9.17) is 9.47 Å². The van der Waals surface area contributed by atoms with Gasteiger partial charge in [-0.25, -0.2) is 9.59 Å². The fraction of sp³-hybridized carbons (Fsp3) is 0.833. The number of aliphatic hydroxyl groups is 1. The molecule has 0 spiro atoms. The molecule has 19 heavy (non-hydrogen) atoms. The lowest BCUT2D eigenvalue weighted by Crippen LogP contribution is -2.63. The molecule has 0 aromatic carbocycles. The van der Waals surface area contributed by atoms with E-state index in [1.54, 1.807) is 20.8 Å². The van der Waals surface area contributed by atoms with E-state index >= 15 is 0 Å². The van der Waals surface area contributed by atoms with E-state index in [-0.39, 0.29) is 19.7 Å². The number of carbonyl (C=O) groups is 2. The monoisotopic (exact) mass is 275 g/mol. The van der Waals surface area contributed by atoms with E-state index in [9.17, 15) is 19.8 Å². The third-order valence-corrected chi connectivity index (χ3v) is 2.84. The van der Waals surface area contributed by atoms with Crippen LogP contribution in [0.25, 0.3) is 0 Å². The van der Waals surface area contributed by atoms with Crippen molar-refractivity contribution in [3.63, 3.8) is 0 Å². The first kappa shape index (κ1) is 15.7. The van der Waals surface area contributed by atoms with Gasteiger partial charge in [-0.05, 0) is 27.7 Å². The minimum Gasteiger partial charge on any atom is -0.479 e. The second-order valence-corrected chi connectivity index (χ2v) is 5.62. The highest BCUT2D eigenvalue weighted by molar-refractivity contribution is 5.80.